The second kappa shape index (κ2) is 57.9. The Balaban J connectivity index is 2.61. The molecule has 0 aliphatic carbocycles. The molecule has 476 valence electrons. The highest BCUT2D eigenvalue weighted by atomic mass is 16.7. The molecule has 0 saturated carbocycles. The maximum atomic E-state index is 13.2. The van der Waals surface area contributed by atoms with E-state index in [1.807, 2.05) is 0 Å². The first-order valence-corrected chi connectivity index (χ1v) is 34.7. The Hall–Kier alpha value is -2.54. The zero-order valence-corrected chi connectivity index (χ0v) is 52.8. The second-order valence-electron chi connectivity index (χ2n) is 24.2. The number of rotatable bonds is 61. The summed E-state index contributed by atoms with van der Waals surface area (Å²) in [7, 11) is 0. The Morgan fingerprint density at radius 2 is 0.704 bits per heavy atom. The topological polar surface area (TPSA) is 175 Å². The van der Waals surface area contributed by atoms with Crippen molar-refractivity contribution in [2.75, 3.05) is 13.2 Å². The first-order valence-electron chi connectivity index (χ1n) is 34.7. The molecule has 0 amide bonds. The van der Waals surface area contributed by atoms with Crippen molar-refractivity contribution in [2.45, 2.75) is 391 Å². The van der Waals surface area contributed by atoms with Gasteiger partial charge < -0.3 is 39.0 Å². The number of unbranched alkanes of at least 4 members (excludes halogenated alkanes) is 45. The number of carbonyl (C=O) groups excluding carboxylic acids is 3. The fraction of sp³-hybridized carbons (Fsp3) is 0.913. The van der Waals surface area contributed by atoms with E-state index < -0.39 is 67.3 Å². The molecule has 1 heterocycles. The van der Waals surface area contributed by atoms with Gasteiger partial charge in [0.2, 0.25) is 0 Å². The van der Waals surface area contributed by atoms with Crippen molar-refractivity contribution in [2.24, 2.45) is 0 Å². The van der Waals surface area contributed by atoms with Crippen molar-refractivity contribution in [1.29, 1.82) is 0 Å². The number of ether oxygens (including phenoxy) is 5. The molecule has 6 atom stereocenters. The maximum Gasteiger partial charge on any atom is 0.335 e. The molecule has 1 saturated heterocycles. The van der Waals surface area contributed by atoms with Crippen molar-refractivity contribution in [3.05, 3.63) is 12.2 Å². The van der Waals surface area contributed by atoms with Crippen molar-refractivity contribution in [3.63, 3.8) is 0 Å². The Morgan fingerprint density at radius 3 is 1.05 bits per heavy atom. The summed E-state index contributed by atoms with van der Waals surface area (Å²) in [6, 6.07) is 0. The van der Waals surface area contributed by atoms with Crippen molar-refractivity contribution in [3.8, 4) is 0 Å². The van der Waals surface area contributed by atoms with Crippen LogP contribution in [0.5, 0.6) is 0 Å². The van der Waals surface area contributed by atoms with Crippen molar-refractivity contribution in [1.82, 2.24) is 0 Å². The van der Waals surface area contributed by atoms with Crippen molar-refractivity contribution < 1.29 is 58.2 Å². The Bertz CT molecular complexity index is 1460. The van der Waals surface area contributed by atoms with Gasteiger partial charge in [0.25, 0.3) is 0 Å². The van der Waals surface area contributed by atoms with Crippen LogP contribution in [0, 0.1) is 0 Å². The molecule has 1 aliphatic heterocycles. The second-order valence-corrected chi connectivity index (χ2v) is 24.2. The van der Waals surface area contributed by atoms with Crippen LogP contribution in [0.15, 0.2) is 12.2 Å². The lowest BCUT2D eigenvalue weighted by molar-refractivity contribution is -0.301. The lowest BCUT2D eigenvalue weighted by Crippen LogP contribution is -2.61. The Labute approximate surface area is 496 Å². The lowest BCUT2D eigenvalue weighted by Gasteiger charge is -2.40. The monoisotopic (exact) mass is 1150 g/mol. The molecule has 12 nitrogen and oxygen atoms in total. The summed E-state index contributed by atoms with van der Waals surface area (Å²) < 4.78 is 28.6. The van der Waals surface area contributed by atoms with Gasteiger partial charge in [0.05, 0.1) is 6.61 Å². The number of carbonyl (C=O) groups is 4. The van der Waals surface area contributed by atoms with E-state index in [2.05, 4.69) is 32.9 Å². The minimum Gasteiger partial charge on any atom is -0.479 e. The summed E-state index contributed by atoms with van der Waals surface area (Å²) in [5.74, 6) is -3.07. The SMILES string of the molecule is CCCCCCCC/C=C\CCCCCCCCCCCC(=O)OCC(COC1OC(C(=O)O)C(O)C(O)C1OC(=O)CCCCCCCCCCCCCCCCCCC)OC(=O)CCCCCCCCCCCCCCCCC. The van der Waals surface area contributed by atoms with Crippen LogP contribution in [0.4, 0.5) is 0 Å². The van der Waals surface area contributed by atoms with E-state index in [0.717, 1.165) is 57.8 Å². The molecular formula is C69H128O12. The average Bonchev–Trinajstić information content (AvgIpc) is 3.53. The van der Waals surface area contributed by atoms with Gasteiger partial charge in [-0.1, -0.05) is 303 Å². The molecule has 81 heavy (non-hydrogen) atoms. The van der Waals surface area contributed by atoms with Gasteiger partial charge in [-0.05, 0) is 44.9 Å². The first-order chi connectivity index (χ1) is 39.6. The average molecular weight is 1150 g/mol. The molecule has 0 aromatic rings. The highest BCUT2D eigenvalue weighted by Gasteiger charge is 2.50. The van der Waals surface area contributed by atoms with Crippen LogP contribution in [-0.2, 0) is 42.9 Å². The van der Waals surface area contributed by atoms with Gasteiger partial charge in [0, 0.05) is 19.3 Å². The fourth-order valence-electron chi connectivity index (χ4n) is 11.0. The minimum atomic E-state index is -1.90. The molecule has 3 N–H and O–H groups in total. The predicted octanol–water partition coefficient (Wildman–Crippen LogP) is 18.8. The third-order valence-electron chi connectivity index (χ3n) is 16.3. The quantitative estimate of drug-likeness (QED) is 0.0228. The van der Waals surface area contributed by atoms with E-state index in [9.17, 15) is 34.5 Å². The molecular weight excluding hydrogens is 1020 g/mol. The van der Waals surface area contributed by atoms with Crippen LogP contribution in [0.2, 0.25) is 0 Å². The molecule has 1 aliphatic rings. The molecule has 12 heteroatoms. The standard InChI is InChI=1S/C69H128O12/c1-4-7-10-13-16-19-22-25-28-30-31-33-35-37-40-43-46-49-52-55-61(70)77-58-60(79-62(71)56-53-50-47-44-41-38-34-27-24-21-18-15-12-9-6-3)59-78-69-67(65(74)64(73)66(81-69)68(75)76)80-63(72)57-54-51-48-45-42-39-36-32-29-26-23-20-17-14-11-8-5-2/h25,28,60,64-67,69,73-74H,4-24,26-27,29-59H2,1-3H3,(H,75,76)/b28-25-. The molecule has 0 spiro atoms. The van der Waals surface area contributed by atoms with Crippen LogP contribution >= 0.6 is 0 Å². The number of aliphatic hydroxyl groups excluding tert-OH is 2. The summed E-state index contributed by atoms with van der Waals surface area (Å²) >= 11 is 0. The van der Waals surface area contributed by atoms with Crippen LogP contribution in [0.25, 0.3) is 0 Å². The lowest BCUT2D eigenvalue weighted by atomic mass is 9.98. The third kappa shape index (κ3) is 47.4. The van der Waals surface area contributed by atoms with E-state index in [4.69, 9.17) is 23.7 Å². The fourth-order valence-corrected chi connectivity index (χ4v) is 11.0. The van der Waals surface area contributed by atoms with Gasteiger partial charge in [0.1, 0.15) is 18.8 Å². The maximum absolute atomic E-state index is 13.2. The molecule has 0 aromatic carbocycles. The number of aliphatic carboxylic acids is 1. The highest BCUT2D eigenvalue weighted by molar-refractivity contribution is 5.74. The van der Waals surface area contributed by atoms with Gasteiger partial charge in [0.15, 0.2) is 24.6 Å². The first kappa shape index (κ1) is 76.5. The third-order valence-corrected chi connectivity index (χ3v) is 16.3. The number of carboxylic acid groups (broad SMARTS) is 1. The van der Waals surface area contributed by atoms with Gasteiger partial charge in [-0.2, -0.15) is 0 Å². The summed E-state index contributed by atoms with van der Waals surface area (Å²) in [5, 5.41) is 31.6. The van der Waals surface area contributed by atoms with E-state index in [1.165, 1.54) is 238 Å². The van der Waals surface area contributed by atoms with Gasteiger partial charge >= 0.3 is 23.9 Å². The molecule has 6 unspecified atom stereocenters. The normalized spacial score (nSPS) is 17.7. The predicted molar refractivity (Wildman–Crippen MR) is 331 cm³/mol. The van der Waals surface area contributed by atoms with Gasteiger partial charge in [-0.25, -0.2) is 4.79 Å². The van der Waals surface area contributed by atoms with Crippen LogP contribution in [0.1, 0.15) is 355 Å². The minimum absolute atomic E-state index is 0.0696. The molecule has 0 bridgehead atoms. The molecule has 1 fully saturated rings. The van der Waals surface area contributed by atoms with Crippen LogP contribution in [-0.4, -0.2) is 89.2 Å². The van der Waals surface area contributed by atoms with Crippen LogP contribution < -0.4 is 0 Å². The van der Waals surface area contributed by atoms with Gasteiger partial charge in [-0.3, -0.25) is 14.4 Å². The van der Waals surface area contributed by atoms with Crippen LogP contribution in [0.3, 0.4) is 0 Å². The van der Waals surface area contributed by atoms with E-state index in [1.54, 1.807) is 0 Å². The Kier molecular flexibility index (Phi) is 54.6. The number of hydrogen-bond acceptors (Lipinski definition) is 11. The number of aliphatic hydroxyl groups is 2. The molecule has 0 radical (unpaired) electrons. The summed E-state index contributed by atoms with van der Waals surface area (Å²) in [6.45, 7) is 6.07. The van der Waals surface area contributed by atoms with E-state index in [0.29, 0.717) is 19.3 Å². The smallest absolute Gasteiger partial charge is 0.335 e. The van der Waals surface area contributed by atoms with Gasteiger partial charge in [-0.15, -0.1) is 0 Å². The van der Waals surface area contributed by atoms with E-state index in [-0.39, 0.29) is 25.9 Å². The number of allylic oxidation sites excluding steroid dienone is 2. The van der Waals surface area contributed by atoms with Crippen molar-refractivity contribution >= 4 is 23.9 Å². The summed E-state index contributed by atoms with van der Waals surface area (Å²) in [6.07, 6.45) is 54.5. The highest BCUT2D eigenvalue weighted by Crippen LogP contribution is 2.27. The zero-order valence-electron chi connectivity index (χ0n) is 52.8. The number of hydrogen-bond donors (Lipinski definition) is 3. The Morgan fingerprint density at radius 1 is 0.395 bits per heavy atom. The molecule has 1 rings (SSSR count). The number of esters is 3. The zero-order chi connectivity index (χ0) is 58.9. The summed E-state index contributed by atoms with van der Waals surface area (Å²) in [4.78, 5) is 51.4. The number of carboxylic acids is 1. The summed E-state index contributed by atoms with van der Waals surface area (Å²) in [5.41, 5.74) is 0. The largest absolute Gasteiger partial charge is 0.479 e. The molecule has 0 aromatic heterocycles. The van der Waals surface area contributed by atoms with E-state index >= 15 is 0 Å².